The summed E-state index contributed by atoms with van der Waals surface area (Å²) in [5.41, 5.74) is 0.625. The first-order valence-corrected chi connectivity index (χ1v) is 8.11. The van der Waals surface area contributed by atoms with Gasteiger partial charge in [0, 0.05) is 18.8 Å². The van der Waals surface area contributed by atoms with Crippen molar-refractivity contribution in [2.75, 3.05) is 11.9 Å². The smallest absolute Gasteiger partial charge is 0.275 e. The highest BCUT2D eigenvalue weighted by atomic mass is 16.3. The molecule has 9 heteroatoms. The minimum Gasteiger partial charge on any atom is -0.394 e. The van der Waals surface area contributed by atoms with Crippen LogP contribution in [0.3, 0.4) is 0 Å². The standard InChI is InChI=1S/C17H20N4O5/c1-9(23)18-13-15(25)14(24)12(8-22)21-7-11(20-16(13)21)17(26)19-10-5-3-2-4-6-10/h2-7,12-15,22,24-25H,8H2,1H3,(H,18,23)(H,19,26)/t12?,13?,14-,15+/m0/s1. The molecule has 0 saturated heterocycles. The minimum absolute atomic E-state index is 0.0407. The lowest BCUT2D eigenvalue weighted by molar-refractivity contribution is -0.123. The van der Waals surface area contributed by atoms with Gasteiger partial charge in [0.05, 0.1) is 12.6 Å². The molecule has 2 heterocycles. The summed E-state index contributed by atoms with van der Waals surface area (Å²) >= 11 is 0. The lowest BCUT2D eigenvalue weighted by Gasteiger charge is -2.37. The average molecular weight is 360 g/mol. The van der Waals surface area contributed by atoms with Crippen molar-refractivity contribution in [3.8, 4) is 0 Å². The zero-order valence-corrected chi connectivity index (χ0v) is 14.0. The normalized spacial score (nSPS) is 24.6. The Bertz CT molecular complexity index is 807. The largest absolute Gasteiger partial charge is 0.394 e. The third-order valence-corrected chi connectivity index (χ3v) is 4.29. The predicted octanol–water partition coefficient (Wildman–Crippen LogP) is -0.419. The summed E-state index contributed by atoms with van der Waals surface area (Å²) in [5.74, 6) is -0.718. The number of carbonyl (C=O) groups excluding carboxylic acids is 2. The van der Waals surface area contributed by atoms with Crippen LogP contribution in [-0.2, 0) is 4.79 Å². The van der Waals surface area contributed by atoms with Crippen LogP contribution < -0.4 is 10.6 Å². The van der Waals surface area contributed by atoms with E-state index >= 15 is 0 Å². The lowest BCUT2D eigenvalue weighted by atomic mass is 9.94. The number of aliphatic hydroxyl groups excluding tert-OH is 3. The summed E-state index contributed by atoms with van der Waals surface area (Å²) in [6.07, 6.45) is -1.31. The van der Waals surface area contributed by atoms with E-state index in [1.54, 1.807) is 24.3 Å². The van der Waals surface area contributed by atoms with E-state index in [9.17, 15) is 24.9 Å². The van der Waals surface area contributed by atoms with Crippen molar-refractivity contribution >= 4 is 17.5 Å². The van der Waals surface area contributed by atoms with Crippen LogP contribution in [-0.4, -0.2) is 55.5 Å². The molecule has 0 aliphatic carbocycles. The van der Waals surface area contributed by atoms with Crippen molar-refractivity contribution in [3.63, 3.8) is 0 Å². The first-order valence-electron chi connectivity index (χ1n) is 8.11. The quantitative estimate of drug-likeness (QED) is 0.502. The highest BCUT2D eigenvalue weighted by molar-refractivity contribution is 6.02. The van der Waals surface area contributed by atoms with Gasteiger partial charge in [-0.3, -0.25) is 9.59 Å². The highest BCUT2D eigenvalue weighted by Crippen LogP contribution is 2.32. The van der Waals surface area contributed by atoms with Gasteiger partial charge < -0.3 is 30.5 Å². The molecule has 2 amide bonds. The average Bonchev–Trinajstić information content (AvgIpc) is 3.05. The van der Waals surface area contributed by atoms with Crippen molar-refractivity contribution in [2.45, 2.75) is 31.2 Å². The molecule has 1 aliphatic rings. The Labute approximate surface area is 149 Å². The molecule has 0 radical (unpaired) electrons. The van der Waals surface area contributed by atoms with Crippen LogP contribution in [0.25, 0.3) is 0 Å². The number of hydrogen-bond donors (Lipinski definition) is 5. The molecule has 1 aliphatic heterocycles. The molecule has 138 valence electrons. The van der Waals surface area contributed by atoms with Crippen LogP contribution in [0.1, 0.15) is 35.3 Å². The van der Waals surface area contributed by atoms with Gasteiger partial charge in [-0.05, 0) is 12.1 Å². The van der Waals surface area contributed by atoms with Gasteiger partial charge in [0.1, 0.15) is 29.8 Å². The summed E-state index contributed by atoms with van der Waals surface area (Å²) in [5, 5.41) is 35.3. The van der Waals surface area contributed by atoms with Gasteiger partial charge in [-0.2, -0.15) is 0 Å². The molecular weight excluding hydrogens is 340 g/mol. The molecule has 26 heavy (non-hydrogen) atoms. The van der Waals surface area contributed by atoms with Gasteiger partial charge in [0.25, 0.3) is 5.91 Å². The summed E-state index contributed by atoms with van der Waals surface area (Å²) in [7, 11) is 0. The van der Waals surface area contributed by atoms with Gasteiger partial charge in [0.2, 0.25) is 5.91 Å². The number of rotatable bonds is 4. The van der Waals surface area contributed by atoms with Crippen LogP contribution in [0.4, 0.5) is 5.69 Å². The molecule has 0 saturated carbocycles. The Morgan fingerprint density at radius 3 is 2.50 bits per heavy atom. The summed E-state index contributed by atoms with van der Waals surface area (Å²) in [4.78, 5) is 28.1. The van der Waals surface area contributed by atoms with Crippen molar-refractivity contribution in [1.82, 2.24) is 14.9 Å². The van der Waals surface area contributed by atoms with Crippen LogP contribution >= 0.6 is 0 Å². The fourth-order valence-electron chi connectivity index (χ4n) is 3.04. The number of nitrogens with one attached hydrogen (secondary N) is 2. The number of benzene rings is 1. The molecule has 0 spiro atoms. The van der Waals surface area contributed by atoms with E-state index in [1.807, 2.05) is 6.07 Å². The molecule has 1 aromatic carbocycles. The van der Waals surface area contributed by atoms with Gasteiger partial charge in [-0.25, -0.2) is 4.98 Å². The predicted molar refractivity (Wildman–Crippen MR) is 91.3 cm³/mol. The van der Waals surface area contributed by atoms with Crippen LogP contribution in [0.15, 0.2) is 36.5 Å². The number of imidazole rings is 1. The molecule has 0 fully saturated rings. The fourth-order valence-corrected chi connectivity index (χ4v) is 3.04. The lowest BCUT2D eigenvalue weighted by Crippen LogP contribution is -2.51. The second kappa shape index (κ2) is 7.24. The number of aliphatic hydroxyl groups is 3. The Hall–Kier alpha value is -2.75. The van der Waals surface area contributed by atoms with Crippen LogP contribution in [0.2, 0.25) is 0 Å². The Balaban J connectivity index is 1.95. The molecule has 3 rings (SSSR count). The number of para-hydroxylation sites is 1. The number of carbonyl (C=O) groups is 2. The maximum absolute atomic E-state index is 12.5. The fraction of sp³-hybridized carbons (Fsp3) is 0.353. The molecule has 1 aromatic heterocycles. The van der Waals surface area contributed by atoms with Crippen molar-refractivity contribution in [2.24, 2.45) is 0 Å². The van der Waals surface area contributed by atoms with E-state index in [-0.39, 0.29) is 11.5 Å². The summed E-state index contributed by atoms with van der Waals surface area (Å²) in [6, 6.07) is 6.93. The molecule has 2 aromatic rings. The van der Waals surface area contributed by atoms with Crippen molar-refractivity contribution < 1.29 is 24.9 Å². The number of nitrogens with zero attached hydrogens (tertiary/aromatic N) is 2. The zero-order chi connectivity index (χ0) is 18.8. The van der Waals surface area contributed by atoms with E-state index in [1.165, 1.54) is 17.7 Å². The Morgan fingerprint density at radius 2 is 1.88 bits per heavy atom. The topological polar surface area (TPSA) is 137 Å². The number of fused-ring (bicyclic) bond motifs is 1. The molecule has 2 unspecified atom stereocenters. The summed E-state index contributed by atoms with van der Waals surface area (Å²) in [6.45, 7) is 0.807. The van der Waals surface area contributed by atoms with E-state index in [0.29, 0.717) is 5.69 Å². The third-order valence-electron chi connectivity index (χ3n) is 4.29. The van der Waals surface area contributed by atoms with Gasteiger partial charge in [0.15, 0.2) is 0 Å². The molecule has 0 bridgehead atoms. The van der Waals surface area contributed by atoms with Gasteiger partial charge >= 0.3 is 0 Å². The maximum atomic E-state index is 12.5. The number of anilines is 1. The monoisotopic (exact) mass is 360 g/mol. The SMILES string of the molecule is CC(=O)NC1c2nc(C(=O)Nc3ccccc3)cn2C(CO)[C@H](O)[C@@H]1O. The highest BCUT2D eigenvalue weighted by Gasteiger charge is 2.43. The van der Waals surface area contributed by atoms with E-state index < -0.39 is 42.7 Å². The van der Waals surface area contributed by atoms with Crippen molar-refractivity contribution in [1.29, 1.82) is 0 Å². The second-order valence-corrected chi connectivity index (χ2v) is 6.12. The molecule has 4 atom stereocenters. The molecule has 9 nitrogen and oxygen atoms in total. The zero-order valence-electron chi connectivity index (χ0n) is 14.0. The Morgan fingerprint density at radius 1 is 1.19 bits per heavy atom. The van der Waals surface area contributed by atoms with Gasteiger partial charge in [-0.15, -0.1) is 0 Å². The maximum Gasteiger partial charge on any atom is 0.275 e. The van der Waals surface area contributed by atoms with Crippen LogP contribution in [0, 0.1) is 0 Å². The molecule has 5 N–H and O–H groups in total. The third kappa shape index (κ3) is 3.32. The van der Waals surface area contributed by atoms with Crippen molar-refractivity contribution in [3.05, 3.63) is 48.0 Å². The minimum atomic E-state index is -1.36. The number of hydrogen-bond acceptors (Lipinski definition) is 6. The summed E-state index contributed by atoms with van der Waals surface area (Å²) < 4.78 is 1.41. The van der Waals surface area contributed by atoms with E-state index in [0.717, 1.165) is 0 Å². The first kappa shape index (κ1) is 18.1. The van der Waals surface area contributed by atoms with Gasteiger partial charge in [-0.1, -0.05) is 18.2 Å². The number of amides is 2. The van der Waals surface area contributed by atoms with E-state index in [2.05, 4.69) is 15.6 Å². The van der Waals surface area contributed by atoms with Crippen LogP contribution in [0.5, 0.6) is 0 Å². The number of aromatic nitrogens is 2. The van der Waals surface area contributed by atoms with E-state index in [4.69, 9.17) is 0 Å². The first-order chi connectivity index (χ1) is 12.4. The molecular formula is C17H20N4O5. The Kier molecular flexibility index (Phi) is 5.03. The second-order valence-electron chi connectivity index (χ2n) is 6.12.